The molecule has 1 saturated heterocycles. The van der Waals surface area contributed by atoms with Gasteiger partial charge in [0.1, 0.15) is 17.8 Å². The molecule has 1 aliphatic carbocycles. The molecule has 2 heterocycles. The Morgan fingerprint density at radius 2 is 1.62 bits per heavy atom. The van der Waals surface area contributed by atoms with Gasteiger partial charge in [-0.3, -0.25) is 14.4 Å². The highest BCUT2D eigenvalue weighted by molar-refractivity contribution is 9.09. The number of thiazole rings is 1. The highest BCUT2D eigenvalue weighted by Gasteiger charge is 2.53. The molecule has 2 fully saturated rings. The summed E-state index contributed by atoms with van der Waals surface area (Å²) in [5, 5.41) is 17.3. The number of nitrogens with one attached hydrogen (secondary N) is 2. The number of β-amino-alcohol motifs (C(OH)–C–C–N with tert-alkyl or cyclic N) is 1. The van der Waals surface area contributed by atoms with E-state index in [-0.39, 0.29) is 32.4 Å². The molecule has 12 heteroatoms. The fraction of sp³-hybridized carbons (Fsp3) is 0.707. The minimum atomic E-state index is -1.94. The van der Waals surface area contributed by atoms with Gasteiger partial charge in [0, 0.05) is 30.4 Å². The van der Waals surface area contributed by atoms with E-state index in [2.05, 4.69) is 31.5 Å². The first-order valence-corrected chi connectivity index (χ1v) is 21.8. The number of rotatable bonds is 23. The lowest BCUT2D eigenvalue weighted by Crippen LogP contribution is -2.59. The number of alkyl halides is 2. The number of aryl methyl sites for hydroxylation is 1. The van der Waals surface area contributed by atoms with E-state index >= 15 is 0 Å². The van der Waals surface area contributed by atoms with Crippen molar-refractivity contribution in [1.82, 2.24) is 20.5 Å². The lowest BCUT2D eigenvalue weighted by atomic mass is 9.85. The summed E-state index contributed by atoms with van der Waals surface area (Å²) in [4.78, 5) is 46.9. The molecule has 0 unspecified atom stereocenters. The Morgan fingerprint density at radius 3 is 2.17 bits per heavy atom. The summed E-state index contributed by atoms with van der Waals surface area (Å²) >= 11 is 5.07. The number of halogens is 2. The quantitative estimate of drug-likeness (QED) is 0.0764. The smallest absolute Gasteiger partial charge is 0.258 e. The van der Waals surface area contributed by atoms with Crippen LogP contribution in [0.1, 0.15) is 135 Å². The van der Waals surface area contributed by atoms with Crippen LogP contribution >= 0.6 is 27.3 Å². The zero-order valence-corrected chi connectivity index (χ0v) is 34.7. The lowest BCUT2D eigenvalue weighted by molar-refractivity contribution is -0.145. The molecule has 3 amide bonds. The second-order valence-corrected chi connectivity index (χ2v) is 17.7. The van der Waals surface area contributed by atoms with Gasteiger partial charge in [-0.25, -0.2) is 9.37 Å². The fourth-order valence-electron chi connectivity index (χ4n) is 6.90. The average Bonchev–Trinajstić information content (AvgIpc) is 3.53. The van der Waals surface area contributed by atoms with Crippen molar-refractivity contribution in [3.05, 3.63) is 35.0 Å². The molecule has 296 valence electrons. The van der Waals surface area contributed by atoms with Gasteiger partial charge in [0.2, 0.25) is 11.8 Å². The van der Waals surface area contributed by atoms with Gasteiger partial charge < -0.3 is 25.4 Å². The molecule has 0 spiro atoms. The zero-order valence-electron chi connectivity index (χ0n) is 32.3. The van der Waals surface area contributed by atoms with Crippen molar-refractivity contribution in [3.8, 4) is 16.2 Å². The van der Waals surface area contributed by atoms with Gasteiger partial charge in [0.05, 0.1) is 28.8 Å². The topological polar surface area (TPSA) is 121 Å². The molecule has 1 saturated carbocycles. The number of hydrogen-bond donors (Lipinski definition) is 3. The minimum absolute atomic E-state index is 0.0462. The number of aliphatic hydroxyl groups is 1. The van der Waals surface area contributed by atoms with Gasteiger partial charge in [-0.2, -0.15) is 0 Å². The molecule has 2 aromatic rings. The third-order valence-electron chi connectivity index (χ3n) is 10.4. The number of carbonyl (C=O) groups excluding carboxylic acids is 3. The van der Waals surface area contributed by atoms with Crippen molar-refractivity contribution in [2.75, 3.05) is 18.5 Å². The molecule has 3 N–H and O–H groups in total. The highest BCUT2D eigenvalue weighted by Crippen LogP contribution is 2.40. The molecular formula is C41H62BrFN4O5S. The van der Waals surface area contributed by atoms with Gasteiger partial charge in [-0.1, -0.05) is 119 Å². The van der Waals surface area contributed by atoms with Gasteiger partial charge in [-0.05, 0) is 49.7 Å². The standard InChI is InChI=1S/C41H62BrFN4O5S/c1-29-35(53-28-45-29)30-18-19-31(34(24-30)52-23-17-15-13-11-9-7-5-6-8-10-12-14-16-22-42)26-44-37(49)33-25-32(48)27-47(33)38(50)36(40(2,3)4)46-39(51)41(43)20-21-41/h18-19,24,28,32-33,36,48H,5-17,20-23,25-27H2,1-4H3,(H,44,49)(H,46,51)/t32-,33+,36-/m1/s1. The van der Waals surface area contributed by atoms with Gasteiger partial charge >= 0.3 is 0 Å². The molecule has 4 rings (SSSR count). The number of nitrogens with zero attached hydrogens (tertiary/aromatic N) is 2. The Morgan fingerprint density at radius 1 is 1.02 bits per heavy atom. The fourth-order valence-corrected chi connectivity index (χ4v) is 8.10. The van der Waals surface area contributed by atoms with Crippen LogP contribution in [0, 0.1) is 12.3 Å². The van der Waals surface area contributed by atoms with Crippen molar-refractivity contribution >= 4 is 45.0 Å². The second-order valence-electron chi connectivity index (χ2n) is 16.1. The Hall–Kier alpha value is -2.57. The predicted octanol–water partition coefficient (Wildman–Crippen LogP) is 8.57. The summed E-state index contributed by atoms with van der Waals surface area (Å²) in [6.07, 6.45) is 15.9. The van der Waals surface area contributed by atoms with Crippen LogP contribution in [-0.4, -0.2) is 75.1 Å². The van der Waals surface area contributed by atoms with E-state index < -0.39 is 47.0 Å². The first-order valence-electron chi connectivity index (χ1n) is 19.8. The summed E-state index contributed by atoms with van der Waals surface area (Å²) in [5.41, 5.74) is 1.89. The van der Waals surface area contributed by atoms with Crippen LogP contribution in [0.2, 0.25) is 0 Å². The van der Waals surface area contributed by atoms with Crippen LogP contribution < -0.4 is 15.4 Å². The molecule has 1 aromatic carbocycles. The molecule has 9 nitrogen and oxygen atoms in total. The maximum Gasteiger partial charge on any atom is 0.258 e. The predicted molar refractivity (Wildman–Crippen MR) is 214 cm³/mol. The number of aromatic nitrogens is 1. The number of ether oxygens (including phenoxy) is 1. The Balaban J connectivity index is 1.29. The van der Waals surface area contributed by atoms with Crippen LogP contribution in [0.3, 0.4) is 0 Å². The summed E-state index contributed by atoms with van der Waals surface area (Å²) in [6, 6.07) is 3.98. The maximum atomic E-state index is 14.6. The summed E-state index contributed by atoms with van der Waals surface area (Å²) in [7, 11) is 0. The van der Waals surface area contributed by atoms with Crippen LogP contribution in [0.4, 0.5) is 4.39 Å². The number of aliphatic hydroxyl groups excluding tert-OH is 1. The first kappa shape index (κ1) is 43.2. The van der Waals surface area contributed by atoms with Crippen LogP contribution in [0.5, 0.6) is 5.75 Å². The van der Waals surface area contributed by atoms with E-state index in [4.69, 9.17) is 4.74 Å². The van der Waals surface area contributed by atoms with Crippen molar-refractivity contribution in [3.63, 3.8) is 0 Å². The number of hydrogen-bond acceptors (Lipinski definition) is 7. The van der Waals surface area contributed by atoms with E-state index in [1.807, 2.05) is 30.6 Å². The van der Waals surface area contributed by atoms with Crippen LogP contribution in [0.25, 0.3) is 10.4 Å². The van der Waals surface area contributed by atoms with E-state index in [0.29, 0.717) is 12.4 Å². The Bertz CT molecular complexity index is 1480. The Labute approximate surface area is 328 Å². The first-order chi connectivity index (χ1) is 25.3. The average molecular weight is 822 g/mol. The molecule has 1 aliphatic heterocycles. The molecule has 2 aliphatic rings. The number of amides is 3. The number of benzene rings is 1. The summed E-state index contributed by atoms with van der Waals surface area (Å²) < 4.78 is 20.9. The Kier molecular flexibility index (Phi) is 17.0. The van der Waals surface area contributed by atoms with Crippen molar-refractivity contribution in [1.29, 1.82) is 0 Å². The summed E-state index contributed by atoms with van der Waals surface area (Å²) in [5.74, 6) is -1.02. The molecular weight excluding hydrogens is 759 g/mol. The molecule has 3 atom stereocenters. The van der Waals surface area contributed by atoms with Crippen LogP contribution in [-0.2, 0) is 20.9 Å². The van der Waals surface area contributed by atoms with Crippen LogP contribution in [0.15, 0.2) is 23.7 Å². The maximum absolute atomic E-state index is 14.6. The minimum Gasteiger partial charge on any atom is -0.493 e. The van der Waals surface area contributed by atoms with Gasteiger partial charge in [-0.15, -0.1) is 11.3 Å². The van der Waals surface area contributed by atoms with Gasteiger partial charge in [0.15, 0.2) is 5.67 Å². The molecule has 0 radical (unpaired) electrons. The molecule has 53 heavy (non-hydrogen) atoms. The van der Waals surface area contributed by atoms with E-state index in [1.165, 1.54) is 75.5 Å². The SMILES string of the molecule is Cc1ncsc1-c1ccc(CNC(=O)[C@@H]2C[C@@H](O)CN2C(=O)[C@@H](NC(=O)C2(F)CC2)C(C)(C)C)c(OCCCCCCCCCCCCCCCBr)c1. The normalized spacial score (nSPS) is 18.5. The lowest BCUT2D eigenvalue weighted by Gasteiger charge is -2.35. The molecule has 1 aromatic heterocycles. The van der Waals surface area contributed by atoms with E-state index in [1.54, 1.807) is 32.1 Å². The van der Waals surface area contributed by atoms with Crippen molar-refractivity contribution in [2.45, 2.75) is 161 Å². The highest BCUT2D eigenvalue weighted by atomic mass is 79.9. The van der Waals surface area contributed by atoms with Crippen molar-refractivity contribution < 1.29 is 28.6 Å². The third kappa shape index (κ3) is 13.3. The number of unbranched alkanes of at least 4 members (excludes halogenated alkanes) is 12. The summed E-state index contributed by atoms with van der Waals surface area (Å²) in [6.45, 7) is 8.02. The van der Waals surface area contributed by atoms with Crippen molar-refractivity contribution in [2.24, 2.45) is 5.41 Å². The molecule has 0 bridgehead atoms. The van der Waals surface area contributed by atoms with E-state index in [0.717, 1.165) is 39.9 Å². The third-order valence-corrected chi connectivity index (χ3v) is 12.0. The zero-order chi connectivity index (χ0) is 38.4. The second kappa shape index (κ2) is 20.9. The van der Waals surface area contributed by atoms with Gasteiger partial charge in [0.25, 0.3) is 5.91 Å². The number of carbonyl (C=O) groups is 3. The number of likely N-dealkylation sites (tertiary alicyclic amines) is 1. The van der Waals surface area contributed by atoms with E-state index in [9.17, 15) is 23.9 Å². The largest absolute Gasteiger partial charge is 0.493 e. The monoisotopic (exact) mass is 820 g/mol.